The van der Waals surface area contributed by atoms with Crippen molar-refractivity contribution in [3.8, 4) is 5.69 Å². The third-order valence-corrected chi connectivity index (χ3v) is 3.62. The smallest absolute Gasteiger partial charge is 0.294 e. The molecule has 2 heterocycles. The Balaban J connectivity index is 1.92. The van der Waals surface area contributed by atoms with Gasteiger partial charge in [0.1, 0.15) is 11.5 Å². The van der Waals surface area contributed by atoms with Gasteiger partial charge in [-0.3, -0.25) is 14.9 Å². The summed E-state index contributed by atoms with van der Waals surface area (Å²) in [6, 6.07) is 6.05. The zero-order valence-electron chi connectivity index (χ0n) is 13.7. The SMILES string of the molecule is CC(C)n1nccc1NC(=O)c1ccc(-n2ccnc2)c([N+](=O)[O-])c1. The van der Waals surface area contributed by atoms with Crippen LogP contribution < -0.4 is 5.32 Å². The van der Waals surface area contributed by atoms with E-state index >= 15 is 0 Å². The summed E-state index contributed by atoms with van der Waals surface area (Å²) in [6.45, 7) is 3.88. The molecule has 9 nitrogen and oxygen atoms in total. The van der Waals surface area contributed by atoms with Gasteiger partial charge in [-0.25, -0.2) is 9.67 Å². The summed E-state index contributed by atoms with van der Waals surface area (Å²) >= 11 is 0. The number of nitro benzene ring substituents is 1. The summed E-state index contributed by atoms with van der Waals surface area (Å²) in [5, 5.41) is 18.2. The number of nitro groups is 1. The number of carbonyl (C=O) groups is 1. The highest BCUT2D eigenvalue weighted by Crippen LogP contribution is 2.25. The molecule has 0 radical (unpaired) electrons. The van der Waals surface area contributed by atoms with Crippen LogP contribution in [0.4, 0.5) is 11.5 Å². The first-order valence-corrected chi connectivity index (χ1v) is 7.59. The second kappa shape index (κ2) is 6.56. The molecule has 0 aliphatic carbocycles. The molecule has 1 aromatic carbocycles. The second-order valence-electron chi connectivity index (χ2n) is 5.64. The number of hydrogen-bond acceptors (Lipinski definition) is 5. The summed E-state index contributed by atoms with van der Waals surface area (Å²) in [6.07, 6.45) is 6.17. The fourth-order valence-electron chi connectivity index (χ4n) is 2.44. The van der Waals surface area contributed by atoms with E-state index in [0.717, 1.165) is 0 Å². The van der Waals surface area contributed by atoms with Gasteiger partial charge in [0, 0.05) is 36.1 Å². The number of nitrogens with zero attached hydrogens (tertiary/aromatic N) is 5. The van der Waals surface area contributed by atoms with Crippen molar-refractivity contribution in [3.05, 3.63) is 64.9 Å². The molecule has 0 fully saturated rings. The van der Waals surface area contributed by atoms with E-state index in [1.807, 2.05) is 13.8 Å². The standard InChI is InChI=1S/C16H16N6O3/c1-11(2)21-15(5-6-18-21)19-16(23)12-3-4-13(14(9-12)22(24)25)20-8-7-17-10-20/h3-11H,1-2H3,(H,19,23). The van der Waals surface area contributed by atoms with Gasteiger partial charge in [-0.05, 0) is 26.0 Å². The van der Waals surface area contributed by atoms with Gasteiger partial charge >= 0.3 is 0 Å². The quantitative estimate of drug-likeness (QED) is 0.567. The van der Waals surface area contributed by atoms with Crippen LogP contribution in [0.25, 0.3) is 5.69 Å². The van der Waals surface area contributed by atoms with Crippen molar-refractivity contribution in [2.75, 3.05) is 5.32 Å². The first-order valence-electron chi connectivity index (χ1n) is 7.59. The molecule has 3 rings (SSSR count). The monoisotopic (exact) mass is 340 g/mol. The zero-order chi connectivity index (χ0) is 18.0. The van der Waals surface area contributed by atoms with E-state index in [1.165, 1.54) is 35.3 Å². The van der Waals surface area contributed by atoms with E-state index in [1.54, 1.807) is 23.1 Å². The van der Waals surface area contributed by atoms with E-state index < -0.39 is 10.8 Å². The highest BCUT2D eigenvalue weighted by Gasteiger charge is 2.19. The van der Waals surface area contributed by atoms with E-state index in [-0.39, 0.29) is 17.3 Å². The fraction of sp³-hybridized carbons (Fsp3) is 0.188. The maximum Gasteiger partial charge on any atom is 0.294 e. The van der Waals surface area contributed by atoms with Crippen LogP contribution in [0, 0.1) is 10.1 Å². The van der Waals surface area contributed by atoms with Crippen molar-refractivity contribution >= 4 is 17.4 Å². The minimum absolute atomic E-state index is 0.0725. The molecule has 0 saturated heterocycles. The number of hydrogen-bond donors (Lipinski definition) is 1. The molecule has 2 aromatic heterocycles. The predicted molar refractivity (Wildman–Crippen MR) is 90.8 cm³/mol. The maximum atomic E-state index is 12.5. The van der Waals surface area contributed by atoms with Crippen LogP contribution in [0.15, 0.2) is 49.2 Å². The molecule has 3 aromatic rings. The highest BCUT2D eigenvalue weighted by molar-refractivity contribution is 6.04. The Morgan fingerprint density at radius 3 is 2.72 bits per heavy atom. The lowest BCUT2D eigenvalue weighted by Gasteiger charge is -2.12. The predicted octanol–water partition coefficient (Wildman–Crippen LogP) is 2.81. The molecule has 128 valence electrons. The molecule has 1 N–H and O–H groups in total. The average molecular weight is 340 g/mol. The number of amides is 1. The number of anilines is 1. The van der Waals surface area contributed by atoms with Crippen molar-refractivity contribution in [2.45, 2.75) is 19.9 Å². The van der Waals surface area contributed by atoms with Gasteiger partial charge in [-0.2, -0.15) is 5.10 Å². The van der Waals surface area contributed by atoms with Gasteiger partial charge in [-0.1, -0.05) is 0 Å². The molecule has 25 heavy (non-hydrogen) atoms. The molecule has 9 heteroatoms. The Morgan fingerprint density at radius 1 is 1.28 bits per heavy atom. The lowest BCUT2D eigenvalue weighted by atomic mass is 10.1. The van der Waals surface area contributed by atoms with Crippen LogP contribution in [0.1, 0.15) is 30.2 Å². The van der Waals surface area contributed by atoms with Crippen LogP contribution in [-0.4, -0.2) is 30.2 Å². The first kappa shape index (κ1) is 16.4. The highest BCUT2D eigenvalue weighted by atomic mass is 16.6. The molecule has 0 aliphatic heterocycles. The maximum absolute atomic E-state index is 12.5. The largest absolute Gasteiger partial charge is 0.307 e. The fourth-order valence-corrected chi connectivity index (χ4v) is 2.44. The van der Waals surface area contributed by atoms with Gasteiger partial charge in [0.15, 0.2) is 0 Å². The lowest BCUT2D eigenvalue weighted by molar-refractivity contribution is -0.384. The molecule has 0 atom stereocenters. The van der Waals surface area contributed by atoms with Crippen molar-refractivity contribution in [2.24, 2.45) is 0 Å². The van der Waals surface area contributed by atoms with E-state index in [0.29, 0.717) is 11.5 Å². The summed E-state index contributed by atoms with van der Waals surface area (Å²) in [5.41, 5.74) is 0.348. The number of carbonyl (C=O) groups excluding carboxylic acids is 1. The first-order chi connectivity index (χ1) is 12.0. The summed E-state index contributed by atoms with van der Waals surface area (Å²) in [4.78, 5) is 27.2. The number of imidazole rings is 1. The van der Waals surface area contributed by atoms with Crippen molar-refractivity contribution in [1.82, 2.24) is 19.3 Å². The molecule has 0 spiro atoms. The Labute approximate surface area is 143 Å². The van der Waals surface area contributed by atoms with Crippen molar-refractivity contribution in [1.29, 1.82) is 0 Å². The number of aromatic nitrogens is 4. The third-order valence-electron chi connectivity index (χ3n) is 3.62. The van der Waals surface area contributed by atoms with Crippen LogP contribution in [0.5, 0.6) is 0 Å². The zero-order valence-corrected chi connectivity index (χ0v) is 13.7. The van der Waals surface area contributed by atoms with Crippen LogP contribution in [0.3, 0.4) is 0 Å². The molecule has 0 saturated carbocycles. The Morgan fingerprint density at radius 2 is 2.08 bits per heavy atom. The van der Waals surface area contributed by atoms with Gasteiger partial charge in [0.2, 0.25) is 0 Å². The molecule has 0 bridgehead atoms. The molecule has 0 unspecified atom stereocenters. The van der Waals surface area contributed by atoms with Crippen molar-refractivity contribution in [3.63, 3.8) is 0 Å². The van der Waals surface area contributed by atoms with E-state index in [2.05, 4.69) is 15.4 Å². The van der Waals surface area contributed by atoms with Crippen LogP contribution in [0.2, 0.25) is 0 Å². The van der Waals surface area contributed by atoms with Gasteiger partial charge in [0.25, 0.3) is 11.6 Å². The molecular formula is C16H16N6O3. The average Bonchev–Trinajstić information content (AvgIpc) is 3.25. The number of rotatable bonds is 5. The van der Waals surface area contributed by atoms with Gasteiger partial charge < -0.3 is 9.88 Å². The summed E-state index contributed by atoms with van der Waals surface area (Å²) in [5.74, 6) is 0.0871. The normalized spacial score (nSPS) is 10.8. The van der Waals surface area contributed by atoms with Crippen LogP contribution >= 0.6 is 0 Å². The topological polar surface area (TPSA) is 108 Å². The minimum atomic E-state index is -0.523. The number of benzene rings is 1. The Hall–Kier alpha value is -3.49. The molecule has 0 aliphatic rings. The second-order valence-corrected chi connectivity index (χ2v) is 5.64. The molecule has 1 amide bonds. The summed E-state index contributed by atoms with van der Waals surface area (Å²) in [7, 11) is 0. The summed E-state index contributed by atoms with van der Waals surface area (Å²) < 4.78 is 3.18. The van der Waals surface area contributed by atoms with E-state index in [4.69, 9.17) is 0 Å². The number of nitrogens with one attached hydrogen (secondary N) is 1. The lowest BCUT2D eigenvalue weighted by Crippen LogP contribution is -2.17. The van der Waals surface area contributed by atoms with E-state index in [9.17, 15) is 14.9 Å². The Bertz CT molecular complexity index is 914. The van der Waals surface area contributed by atoms with Gasteiger partial charge in [0.05, 0.1) is 17.4 Å². The van der Waals surface area contributed by atoms with Crippen molar-refractivity contribution < 1.29 is 9.72 Å². The van der Waals surface area contributed by atoms with Gasteiger partial charge in [-0.15, -0.1) is 0 Å². The minimum Gasteiger partial charge on any atom is -0.307 e. The third kappa shape index (κ3) is 3.25. The molecular weight excluding hydrogens is 324 g/mol. The van der Waals surface area contributed by atoms with Crippen LogP contribution in [-0.2, 0) is 0 Å². The Kier molecular flexibility index (Phi) is 4.29.